The standard InChI is InChI=1S/C25H35NO6/c1-24-11-9-16(27)13-15(24)3-4-17-18-5-6-20(25(18,2)12-10-19(17)24)32-23(31)8-7-21(28)26-14-22(29)30/h13,17-20H,3-12,14H2,1-2H3,(H,26,28)(H,29,30)/p-1/t17-,18+,19+,20+,24-,25-/m1/s1. The van der Waals surface area contributed by atoms with Gasteiger partial charge in [0.25, 0.3) is 0 Å². The van der Waals surface area contributed by atoms with Crippen molar-refractivity contribution in [3.63, 3.8) is 0 Å². The summed E-state index contributed by atoms with van der Waals surface area (Å²) in [5.74, 6) is -0.264. The number of rotatable bonds is 6. The van der Waals surface area contributed by atoms with Crippen molar-refractivity contribution in [1.29, 1.82) is 0 Å². The Morgan fingerprint density at radius 2 is 1.84 bits per heavy atom. The molecule has 0 radical (unpaired) electrons. The number of nitrogens with one attached hydrogen (secondary N) is 1. The van der Waals surface area contributed by atoms with Crippen LogP contribution >= 0.6 is 0 Å². The summed E-state index contributed by atoms with van der Waals surface area (Å²) >= 11 is 0. The average Bonchev–Trinajstić information content (AvgIpc) is 3.07. The second kappa shape index (κ2) is 8.64. The highest BCUT2D eigenvalue weighted by Gasteiger charge is 2.59. The van der Waals surface area contributed by atoms with Gasteiger partial charge >= 0.3 is 5.97 Å². The van der Waals surface area contributed by atoms with Crippen LogP contribution in [0.5, 0.6) is 0 Å². The molecule has 0 aromatic rings. The zero-order valence-electron chi connectivity index (χ0n) is 19.1. The Kier molecular flexibility index (Phi) is 6.21. The van der Waals surface area contributed by atoms with Crippen LogP contribution in [-0.2, 0) is 23.9 Å². The molecule has 4 rings (SSSR count). The maximum atomic E-state index is 12.4. The second-order valence-electron chi connectivity index (χ2n) is 10.7. The van der Waals surface area contributed by atoms with Crippen molar-refractivity contribution in [1.82, 2.24) is 5.32 Å². The molecule has 0 aliphatic heterocycles. The first-order valence-electron chi connectivity index (χ1n) is 12.0. The van der Waals surface area contributed by atoms with Crippen LogP contribution in [0.3, 0.4) is 0 Å². The molecule has 4 aliphatic rings. The number of allylic oxidation sites excluding steroid dienone is 1. The number of amides is 1. The van der Waals surface area contributed by atoms with Gasteiger partial charge in [-0.05, 0) is 74.2 Å². The summed E-state index contributed by atoms with van der Waals surface area (Å²) in [4.78, 5) is 46.5. The first-order chi connectivity index (χ1) is 15.1. The molecule has 0 aromatic heterocycles. The number of carbonyl (C=O) groups excluding carboxylic acids is 4. The van der Waals surface area contributed by atoms with Gasteiger partial charge in [0, 0.05) is 18.3 Å². The summed E-state index contributed by atoms with van der Waals surface area (Å²) < 4.78 is 5.88. The Morgan fingerprint density at radius 3 is 2.59 bits per heavy atom. The van der Waals surface area contributed by atoms with E-state index >= 15 is 0 Å². The molecule has 0 aromatic carbocycles. The lowest BCUT2D eigenvalue weighted by atomic mass is 9.47. The van der Waals surface area contributed by atoms with Crippen LogP contribution in [0.25, 0.3) is 0 Å². The summed E-state index contributed by atoms with van der Waals surface area (Å²) in [6.07, 6.45) is 9.39. The number of carbonyl (C=O) groups is 4. The Bertz CT molecular complexity index is 849. The third-order valence-electron chi connectivity index (χ3n) is 9.13. The predicted molar refractivity (Wildman–Crippen MR) is 114 cm³/mol. The Balaban J connectivity index is 1.37. The number of esters is 1. The number of ketones is 1. The van der Waals surface area contributed by atoms with E-state index in [-0.39, 0.29) is 35.6 Å². The fraction of sp³-hybridized carbons (Fsp3) is 0.760. The monoisotopic (exact) mass is 444 g/mol. The van der Waals surface area contributed by atoms with Gasteiger partial charge in [-0.2, -0.15) is 0 Å². The third-order valence-corrected chi connectivity index (χ3v) is 9.13. The van der Waals surface area contributed by atoms with Crippen LogP contribution in [0.4, 0.5) is 0 Å². The van der Waals surface area contributed by atoms with E-state index in [1.165, 1.54) is 5.57 Å². The number of fused-ring (bicyclic) bond motifs is 5. The molecule has 3 fully saturated rings. The minimum Gasteiger partial charge on any atom is -0.548 e. The van der Waals surface area contributed by atoms with Gasteiger partial charge in [0.2, 0.25) is 5.91 Å². The topological polar surface area (TPSA) is 113 Å². The first-order valence-corrected chi connectivity index (χ1v) is 12.0. The molecule has 0 heterocycles. The zero-order chi connectivity index (χ0) is 23.1. The number of carboxylic acids is 1. The normalized spacial score (nSPS) is 38.1. The number of carboxylic acid groups (broad SMARTS) is 1. The first kappa shape index (κ1) is 23.0. The smallest absolute Gasteiger partial charge is 0.306 e. The highest BCUT2D eigenvalue weighted by molar-refractivity contribution is 5.91. The summed E-state index contributed by atoms with van der Waals surface area (Å²) in [6, 6.07) is 0. The van der Waals surface area contributed by atoms with E-state index in [9.17, 15) is 24.3 Å². The van der Waals surface area contributed by atoms with E-state index in [2.05, 4.69) is 19.2 Å². The SMILES string of the molecule is C[C@@]12CC[C@H]3[C@H](CCC4=CC(=O)CC[C@]43C)[C@@H]1CC[C@@H]2OC(=O)CCC(=O)NCC(=O)[O-]. The molecule has 1 N–H and O–H groups in total. The van der Waals surface area contributed by atoms with Gasteiger partial charge < -0.3 is 20.0 Å². The van der Waals surface area contributed by atoms with Crippen LogP contribution < -0.4 is 10.4 Å². The van der Waals surface area contributed by atoms with Crippen LogP contribution in [0.1, 0.15) is 78.1 Å². The molecule has 7 heteroatoms. The molecular weight excluding hydrogens is 410 g/mol. The maximum absolute atomic E-state index is 12.4. The van der Waals surface area contributed by atoms with Crippen molar-refractivity contribution in [2.45, 2.75) is 84.2 Å². The molecule has 0 spiro atoms. The van der Waals surface area contributed by atoms with E-state index < -0.39 is 24.4 Å². The lowest BCUT2D eigenvalue weighted by Crippen LogP contribution is -2.51. The second-order valence-corrected chi connectivity index (χ2v) is 10.7. The third kappa shape index (κ3) is 4.11. The molecule has 0 unspecified atom stereocenters. The van der Waals surface area contributed by atoms with Gasteiger partial charge in [0.15, 0.2) is 5.78 Å². The quantitative estimate of drug-likeness (QED) is 0.628. The largest absolute Gasteiger partial charge is 0.548 e. The summed E-state index contributed by atoms with van der Waals surface area (Å²) in [5.41, 5.74) is 1.44. The summed E-state index contributed by atoms with van der Waals surface area (Å²) in [7, 11) is 0. The van der Waals surface area contributed by atoms with Gasteiger partial charge in [-0.25, -0.2) is 0 Å². The molecule has 4 aliphatic carbocycles. The molecule has 0 saturated heterocycles. The Morgan fingerprint density at radius 1 is 1.06 bits per heavy atom. The molecule has 0 bridgehead atoms. The van der Waals surface area contributed by atoms with Crippen molar-refractivity contribution in [2.24, 2.45) is 28.6 Å². The fourth-order valence-electron chi connectivity index (χ4n) is 7.40. The van der Waals surface area contributed by atoms with Gasteiger partial charge in [-0.1, -0.05) is 19.4 Å². The molecule has 176 valence electrons. The van der Waals surface area contributed by atoms with Gasteiger partial charge in [0.05, 0.1) is 18.9 Å². The molecule has 1 amide bonds. The number of hydrogen-bond donors (Lipinski definition) is 1. The van der Waals surface area contributed by atoms with Crippen LogP contribution in [0.2, 0.25) is 0 Å². The van der Waals surface area contributed by atoms with E-state index in [4.69, 9.17) is 4.74 Å². The van der Waals surface area contributed by atoms with Gasteiger partial charge in [0.1, 0.15) is 6.10 Å². The minimum absolute atomic E-state index is 0.0455. The molecule has 3 saturated carbocycles. The summed E-state index contributed by atoms with van der Waals surface area (Å²) in [5, 5.41) is 12.6. The van der Waals surface area contributed by atoms with E-state index in [0.717, 1.165) is 44.9 Å². The van der Waals surface area contributed by atoms with E-state index in [1.54, 1.807) is 0 Å². The number of ether oxygens (including phenoxy) is 1. The predicted octanol–water partition coefficient (Wildman–Crippen LogP) is 2.08. The van der Waals surface area contributed by atoms with E-state index in [0.29, 0.717) is 24.2 Å². The van der Waals surface area contributed by atoms with Gasteiger partial charge in [-0.3, -0.25) is 14.4 Å². The fourth-order valence-corrected chi connectivity index (χ4v) is 7.40. The number of aliphatic carboxylic acids is 1. The number of hydrogen-bond acceptors (Lipinski definition) is 6. The maximum Gasteiger partial charge on any atom is 0.306 e. The lowest BCUT2D eigenvalue weighted by molar-refractivity contribution is -0.304. The van der Waals surface area contributed by atoms with Crippen LogP contribution in [0, 0.1) is 28.6 Å². The highest BCUT2D eigenvalue weighted by Crippen LogP contribution is 2.65. The van der Waals surface area contributed by atoms with Crippen molar-refractivity contribution in [3.05, 3.63) is 11.6 Å². The molecular formula is C25H34NO6-. The molecule has 7 nitrogen and oxygen atoms in total. The zero-order valence-corrected chi connectivity index (χ0v) is 19.1. The lowest BCUT2D eigenvalue weighted by Gasteiger charge is -2.57. The Labute approximate surface area is 189 Å². The van der Waals surface area contributed by atoms with Crippen molar-refractivity contribution in [3.8, 4) is 0 Å². The molecule has 6 atom stereocenters. The van der Waals surface area contributed by atoms with E-state index in [1.807, 2.05) is 6.08 Å². The van der Waals surface area contributed by atoms with Gasteiger partial charge in [-0.15, -0.1) is 0 Å². The Hall–Kier alpha value is -2.18. The average molecular weight is 445 g/mol. The summed E-state index contributed by atoms with van der Waals surface area (Å²) in [6.45, 7) is 4.08. The highest BCUT2D eigenvalue weighted by atomic mass is 16.5. The van der Waals surface area contributed by atoms with Crippen LogP contribution in [-0.4, -0.2) is 36.3 Å². The van der Waals surface area contributed by atoms with Crippen molar-refractivity contribution >= 4 is 23.6 Å². The minimum atomic E-state index is -1.36. The van der Waals surface area contributed by atoms with Crippen LogP contribution in [0.15, 0.2) is 11.6 Å². The molecule has 32 heavy (non-hydrogen) atoms. The van der Waals surface area contributed by atoms with Crippen molar-refractivity contribution < 1.29 is 29.0 Å². The van der Waals surface area contributed by atoms with Crippen molar-refractivity contribution in [2.75, 3.05) is 6.54 Å².